The monoisotopic (exact) mass is 267 g/mol. The van der Waals surface area contributed by atoms with E-state index in [2.05, 4.69) is 21.8 Å². The molecule has 4 heteroatoms. The van der Waals surface area contributed by atoms with Gasteiger partial charge in [-0.25, -0.2) is 0 Å². The van der Waals surface area contributed by atoms with Crippen LogP contribution >= 0.6 is 0 Å². The first-order valence-electron chi connectivity index (χ1n) is 5.13. The Balaban J connectivity index is 1.86. The van der Waals surface area contributed by atoms with Crippen molar-refractivity contribution >= 4 is 16.9 Å². The van der Waals surface area contributed by atoms with Gasteiger partial charge in [0.1, 0.15) is 0 Å². The zero-order valence-corrected chi connectivity index (χ0v) is 10.4. The van der Waals surface area contributed by atoms with Gasteiger partial charge < -0.3 is 0 Å². The summed E-state index contributed by atoms with van der Waals surface area (Å²) in [6, 6.07) is 6.06. The molecule has 0 saturated carbocycles. The van der Waals surface area contributed by atoms with Gasteiger partial charge in [-0.3, -0.25) is 0 Å². The minimum atomic E-state index is 0.257. The molecule has 80 valence electrons. The second-order valence-corrected chi connectivity index (χ2v) is 4.24. The van der Waals surface area contributed by atoms with Crippen LogP contribution in [0.3, 0.4) is 0 Å². The summed E-state index contributed by atoms with van der Waals surface area (Å²) in [6.07, 6.45) is 1.26. The topological polar surface area (TPSA) is 31.4 Å². The third kappa shape index (κ3) is 3.30. The summed E-state index contributed by atoms with van der Waals surface area (Å²) in [6.45, 7) is 2.14. The van der Waals surface area contributed by atoms with Crippen LogP contribution in [0.1, 0.15) is 17.8 Å². The van der Waals surface area contributed by atoms with E-state index in [1.54, 1.807) is 0 Å². The molecule has 2 rings (SSSR count). The van der Waals surface area contributed by atoms with Crippen molar-refractivity contribution in [3.63, 3.8) is 0 Å². The molecule has 0 bridgehead atoms. The Morgan fingerprint density at radius 1 is 1.47 bits per heavy atom. The molecule has 2 radical (unpaired) electrons. The van der Waals surface area contributed by atoms with Crippen molar-refractivity contribution in [2.24, 2.45) is 0 Å². The van der Waals surface area contributed by atoms with Gasteiger partial charge in [-0.05, 0) is 0 Å². The van der Waals surface area contributed by atoms with Gasteiger partial charge in [0, 0.05) is 0 Å². The van der Waals surface area contributed by atoms with Crippen LogP contribution in [0.15, 0.2) is 18.2 Å². The summed E-state index contributed by atoms with van der Waals surface area (Å²) in [4.78, 5) is 4.47. The maximum absolute atomic E-state index is 5.70. The van der Waals surface area contributed by atoms with E-state index in [9.17, 15) is 0 Å². The van der Waals surface area contributed by atoms with Gasteiger partial charge >= 0.3 is 98.5 Å². The average molecular weight is 267 g/mol. The first kappa shape index (κ1) is 11.1. The van der Waals surface area contributed by atoms with E-state index in [0.29, 0.717) is 6.61 Å². The van der Waals surface area contributed by atoms with Crippen LogP contribution in [0, 0.1) is 0 Å². The zero-order chi connectivity index (χ0) is 10.5. The fourth-order valence-electron chi connectivity index (χ4n) is 1.55. The van der Waals surface area contributed by atoms with Crippen LogP contribution in [0.2, 0.25) is 0 Å². The first-order valence-corrected chi connectivity index (χ1v) is 6.46. The zero-order valence-electron chi connectivity index (χ0n) is 8.56. The Morgan fingerprint density at radius 3 is 3.07 bits per heavy atom. The van der Waals surface area contributed by atoms with E-state index >= 15 is 0 Å². The number of hydrogen-bond acceptors (Lipinski definition) is 3. The molecule has 1 aromatic heterocycles. The normalized spacial score (nSPS) is 20.7. The number of nitrogens with zero attached hydrogens (tertiary/aromatic N) is 1. The third-order valence-corrected chi connectivity index (χ3v) is 3.06. The first-order chi connectivity index (χ1) is 7.38. The van der Waals surface area contributed by atoms with E-state index < -0.39 is 0 Å². The van der Waals surface area contributed by atoms with Gasteiger partial charge in [0.05, 0.1) is 0 Å². The maximum atomic E-state index is 5.70. The Bertz CT molecular complexity index is 313. The molecule has 1 fully saturated rings. The Kier molecular flexibility index (Phi) is 4.18. The van der Waals surface area contributed by atoms with Crippen LogP contribution in [0.25, 0.3) is 0 Å². The summed E-state index contributed by atoms with van der Waals surface area (Å²) in [7, 11) is 0. The van der Waals surface area contributed by atoms with Crippen LogP contribution < -0.4 is 0 Å². The molecule has 2 heterocycles. The molecule has 1 aliphatic rings. The van der Waals surface area contributed by atoms with Crippen molar-refractivity contribution in [3.8, 4) is 0 Å². The number of ether oxygens (including phenoxy) is 2. The van der Waals surface area contributed by atoms with Crippen LogP contribution in [0.5, 0.6) is 0 Å². The SMILES string of the molecule is [As]Cc1cccc(CO[C@H]2CCOC2)n1. The van der Waals surface area contributed by atoms with Gasteiger partial charge in [-0.15, -0.1) is 0 Å². The van der Waals surface area contributed by atoms with Gasteiger partial charge in [0.2, 0.25) is 0 Å². The Morgan fingerprint density at radius 2 is 2.33 bits per heavy atom. The Labute approximate surface area is 98.7 Å². The van der Waals surface area contributed by atoms with Crippen molar-refractivity contribution in [3.05, 3.63) is 29.6 Å². The fourth-order valence-corrected chi connectivity index (χ4v) is 1.91. The summed E-state index contributed by atoms with van der Waals surface area (Å²) in [5.41, 5.74) is 2.10. The van der Waals surface area contributed by atoms with E-state index in [-0.39, 0.29) is 6.10 Å². The van der Waals surface area contributed by atoms with Crippen molar-refractivity contribution in [1.29, 1.82) is 0 Å². The van der Waals surface area contributed by atoms with Gasteiger partial charge in [-0.1, -0.05) is 0 Å². The van der Waals surface area contributed by atoms with Crippen LogP contribution in [-0.2, 0) is 21.3 Å². The van der Waals surface area contributed by atoms with E-state index in [0.717, 1.165) is 36.2 Å². The molecule has 15 heavy (non-hydrogen) atoms. The van der Waals surface area contributed by atoms with E-state index in [1.807, 2.05) is 18.2 Å². The van der Waals surface area contributed by atoms with Gasteiger partial charge in [0.15, 0.2) is 0 Å². The predicted octanol–water partition coefficient (Wildman–Crippen LogP) is 1.06. The third-order valence-electron chi connectivity index (χ3n) is 2.38. The minimum absolute atomic E-state index is 0.257. The second-order valence-electron chi connectivity index (χ2n) is 3.57. The molecule has 0 unspecified atom stereocenters. The molecular weight excluding hydrogens is 253 g/mol. The summed E-state index contributed by atoms with van der Waals surface area (Å²) in [5.74, 6) is 0. The molecule has 1 saturated heterocycles. The molecule has 0 aromatic carbocycles. The fraction of sp³-hybridized carbons (Fsp3) is 0.545. The number of pyridine rings is 1. The van der Waals surface area contributed by atoms with Gasteiger partial charge in [0.25, 0.3) is 0 Å². The van der Waals surface area contributed by atoms with E-state index in [4.69, 9.17) is 9.47 Å². The number of aromatic nitrogens is 1. The summed E-state index contributed by atoms with van der Waals surface area (Å²) >= 11 is 2.53. The number of rotatable bonds is 4. The van der Waals surface area contributed by atoms with Crippen molar-refractivity contribution < 1.29 is 9.47 Å². The molecular formula is C11H14AsNO2. The average Bonchev–Trinajstić information content (AvgIpc) is 2.79. The quantitative estimate of drug-likeness (QED) is 0.764. The number of hydrogen-bond donors (Lipinski definition) is 0. The predicted molar refractivity (Wildman–Crippen MR) is 57.7 cm³/mol. The molecule has 0 amide bonds. The summed E-state index contributed by atoms with van der Waals surface area (Å²) < 4.78 is 10.9. The molecule has 0 N–H and O–H groups in total. The molecule has 1 aliphatic heterocycles. The standard InChI is InChI=1S/C11H14AsNO2/c12-6-9-2-1-3-10(13-9)7-15-11-4-5-14-8-11/h1-3,11H,4-8H2/t11-/m0/s1. The Hall–Kier alpha value is -0.372. The molecule has 0 aliphatic carbocycles. The van der Waals surface area contributed by atoms with Crippen LogP contribution in [0.4, 0.5) is 0 Å². The molecule has 1 aromatic rings. The molecule has 1 atom stereocenters. The summed E-state index contributed by atoms with van der Waals surface area (Å²) in [5, 5.41) is 0.910. The second kappa shape index (κ2) is 5.64. The molecule has 3 nitrogen and oxygen atoms in total. The molecule has 0 spiro atoms. The van der Waals surface area contributed by atoms with Crippen molar-refractivity contribution in [2.75, 3.05) is 13.2 Å². The van der Waals surface area contributed by atoms with Gasteiger partial charge in [-0.2, -0.15) is 0 Å². The van der Waals surface area contributed by atoms with Crippen molar-refractivity contribution in [1.82, 2.24) is 4.98 Å². The van der Waals surface area contributed by atoms with Crippen LogP contribution in [-0.4, -0.2) is 41.2 Å². The van der Waals surface area contributed by atoms with E-state index in [1.165, 1.54) is 0 Å². The van der Waals surface area contributed by atoms with Crippen molar-refractivity contribution in [2.45, 2.75) is 24.3 Å².